The lowest BCUT2D eigenvalue weighted by atomic mass is 10.2. The van der Waals surface area contributed by atoms with Gasteiger partial charge >= 0.3 is 6.36 Å². The summed E-state index contributed by atoms with van der Waals surface area (Å²) >= 11 is 1.65. The summed E-state index contributed by atoms with van der Waals surface area (Å²) in [7, 11) is 0. The Morgan fingerprint density at radius 1 is 1.44 bits per heavy atom. The third-order valence-corrected chi connectivity index (χ3v) is 2.60. The van der Waals surface area contributed by atoms with Gasteiger partial charge in [-0.3, -0.25) is 0 Å². The summed E-state index contributed by atoms with van der Waals surface area (Å²) in [6, 6.07) is 0.960. The van der Waals surface area contributed by atoms with Gasteiger partial charge in [0.15, 0.2) is 0 Å². The molecule has 0 atom stereocenters. The largest absolute Gasteiger partial charge is 0.574 e. The molecular weight excluding hydrogens is 345 g/mol. The van der Waals surface area contributed by atoms with Crippen LogP contribution in [0.5, 0.6) is 5.88 Å². The molecule has 90 valence electrons. The van der Waals surface area contributed by atoms with Crippen LogP contribution in [0.15, 0.2) is 6.07 Å². The predicted octanol–water partition coefficient (Wildman–Crippen LogP) is 2.55. The summed E-state index contributed by atoms with van der Waals surface area (Å²) in [4.78, 5) is 3.37. The van der Waals surface area contributed by atoms with Crippen molar-refractivity contribution in [3.63, 3.8) is 0 Å². The zero-order chi connectivity index (χ0) is 12.3. The fourth-order valence-electron chi connectivity index (χ4n) is 1.01. The number of aliphatic hydroxyl groups is 1. The molecule has 1 aromatic rings. The van der Waals surface area contributed by atoms with Crippen LogP contribution in [0.2, 0.25) is 0 Å². The lowest BCUT2D eigenvalue weighted by molar-refractivity contribution is -0.276. The maximum atomic E-state index is 12.5. The summed E-state index contributed by atoms with van der Waals surface area (Å²) in [6.45, 7) is -1.56. The predicted molar refractivity (Wildman–Crippen MR) is 54.4 cm³/mol. The van der Waals surface area contributed by atoms with Crippen molar-refractivity contribution in [1.82, 2.24) is 4.98 Å². The molecule has 0 aliphatic carbocycles. The lowest BCUT2D eigenvalue weighted by Crippen LogP contribution is -2.18. The van der Waals surface area contributed by atoms with Gasteiger partial charge in [-0.15, -0.1) is 13.2 Å². The van der Waals surface area contributed by atoms with Gasteiger partial charge in [0.1, 0.15) is 6.67 Å². The number of ether oxygens (including phenoxy) is 1. The maximum absolute atomic E-state index is 12.5. The van der Waals surface area contributed by atoms with E-state index in [1.54, 1.807) is 22.6 Å². The molecule has 0 bridgehead atoms. The molecule has 0 fully saturated rings. The minimum absolute atomic E-state index is 0.0672. The van der Waals surface area contributed by atoms with Gasteiger partial charge < -0.3 is 9.84 Å². The van der Waals surface area contributed by atoms with Crippen LogP contribution in [-0.2, 0) is 13.3 Å². The highest BCUT2D eigenvalue weighted by atomic mass is 127. The van der Waals surface area contributed by atoms with Gasteiger partial charge in [0.2, 0.25) is 5.88 Å². The quantitative estimate of drug-likeness (QED) is 0.673. The fourth-order valence-corrected chi connectivity index (χ4v) is 1.73. The summed E-state index contributed by atoms with van der Waals surface area (Å²) in [6.07, 6.45) is -4.86. The molecular formula is C8H6F4INO2. The standard InChI is InChI=1S/C8H6F4INO2/c9-2-4-5(13)1-7(14-6(4)3-15)16-8(10,11)12/h1,15H,2-3H2. The molecule has 1 heterocycles. The third kappa shape index (κ3) is 3.44. The molecule has 0 unspecified atom stereocenters. The number of rotatable bonds is 3. The van der Waals surface area contributed by atoms with E-state index in [0.29, 0.717) is 0 Å². The van der Waals surface area contributed by atoms with Crippen LogP contribution in [0.1, 0.15) is 11.3 Å². The van der Waals surface area contributed by atoms with E-state index >= 15 is 0 Å². The van der Waals surface area contributed by atoms with E-state index in [0.717, 1.165) is 6.07 Å². The fraction of sp³-hybridized carbons (Fsp3) is 0.375. The Morgan fingerprint density at radius 3 is 2.50 bits per heavy atom. The normalized spacial score (nSPS) is 11.6. The first-order valence-corrected chi connectivity index (χ1v) is 5.06. The highest BCUT2D eigenvalue weighted by Crippen LogP contribution is 2.26. The highest BCUT2D eigenvalue weighted by molar-refractivity contribution is 14.1. The van der Waals surface area contributed by atoms with E-state index in [4.69, 9.17) is 5.11 Å². The van der Waals surface area contributed by atoms with Gasteiger partial charge in [-0.05, 0) is 22.6 Å². The SMILES string of the molecule is OCc1nc(OC(F)(F)F)cc(I)c1CF. The van der Waals surface area contributed by atoms with Crippen molar-refractivity contribution in [3.8, 4) is 5.88 Å². The molecule has 3 nitrogen and oxygen atoms in total. The summed E-state index contributed by atoms with van der Waals surface area (Å²) in [5, 5.41) is 8.83. The zero-order valence-corrected chi connectivity index (χ0v) is 9.84. The van der Waals surface area contributed by atoms with Gasteiger partial charge in [0.05, 0.1) is 12.3 Å². The van der Waals surface area contributed by atoms with Crippen molar-refractivity contribution >= 4 is 22.6 Å². The van der Waals surface area contributed by atoms with Gasteiger partial charge in [-0.1, -0.05) is 0 Å². The van der Waals surface area contributed by atoms with Gasteiger partial charge in [0.25, 0.3) is 0 Å². The van der Waals surface area contributed by atoms with E-state index in [9.17, 15) is 17.6 Å². The molecule has 0 amide bonds. The maximum Gasteiger partial charge on any atom is 0.574 e. The van der Waals surface area contributed by atoms with Crippen molar-refractivity contribution in [2.75, 3.05) is 0 Å². The first-order valence-electron chi connectivity index (χ1n) is 3.98. The molecule has 0 saturated heterocycles. The summed E-state index contributed by atoms with van der Waals surface area (Å²) in [5.74, 6) is -0.710. The van der Waals surface area contributed by atoms with E-state index in [2.05, 4.69) is 9.72 Å². The smallest absolute Gasteiger partial charge is 0.390 e. The van der Waals surface area contributed by atoms with Crippen LogP contribution >= 0.6 is 22.6 Å². The number of alkyl halides is 4. The van der Waals surface area contributed by atoms with Crippen LogP contribution < -0.4 is 4.74 Å². The Bertz CT molecular complexity index is 383. The van der Waals surface area contributed by atoms with Crippen molar-refractivity contribution < 1.29 is 27.4 Å². The van der Waals surface area contributed by atoms with Crippen LogP contribution in [0.3, 0.4) is 0 Å². The number of nitrogens with zero attached hydrogens (tertiary/aromatic N) is 1. The monoisotopic (exact) mass is 351 g/mol. The number of aliphatic hydroxyl groups excluding tert-OH is 1. The highest BCUT2D eigenvalue weighted by Gasteiger charge is 2.32. The van der Waals surface area contributed by atoms with E-state index in [-0.39, 0.29) is 14.8 Å². The Morgan fingerprint density at radius 2 is 2.06 bits per heavy atom. The van der Waals surface area contributed by atoms with Gasteiger partial charge in [-0.25, -0.2) is 9.37 Å². The van der Waals surface area contributed by atoms with Crippen molar-refractivity contribution in [2.45, 2.75) is 19.6 Å². The Kier molecular flexibility index (Phi) is 4.30. The number of pyridine rings is 1. The van der Waals surface area contributed by atoms with Crippen LogP contribution in [0, 0.1) is 3.57 Å². The molecule has 0 spiro atoms. The number of hydrogen-bond donors (Lipinski definition) is 1. The van der Waals surface area contributed by atoms with E-state index < -0.39 is 25.5 Å². The molecule has 1 N–H and O–H groups in total. The Balaban J connectivity index is 3.10. The molecule has 1 rings (SSSR count). The van der Waals surface area contributed by atoms with E-state index in [1.807, 2.05) is 0 Å². The average molecular weight is 351 g/mol. The molecule has 16 heavy (non-hydrogen) atoms. The first kappa shape index (κ1) is 13.4. The summed E-state index contributed by atoms with van der Waals surface area (Å²) < 4.78 is 51.9. The molecule has 1 aromatic heterocycles. The molecule has 0 aliphatic heterocycles. The second-order valence-electron chi connectivity index (χ2n) is 2.71. The summed E-state index contributed by atoms with van der Waals surface area (Å²) in [5.41, 5.74) is -0.0914. The minimum atomic E-state index is -4.86. The molecule has 0 saturated carbocycles. The van der Waals surface area contributed by atoms with Crippen molar-refractivity contribution in [2.24, 2.45) is 0 Å². The van der Waals surface area contributed by atoms with E-state index in [1.165, 1.54) is 0 Å². The van der Waals surface area contributed by atoms with Crippen molar-refractivity contribution in [1.29, 1.82) is 0 Å². The second-order valence-corrected chi connectivity index (χ2v) is 3.87. The molecule has 0 aliphatic rings. The number of aromatic nitrogens is 1. The zero-order valence-electron chi connectivity index (χ0n) is 7.68. The molecule has 0 radical (unpaired) electrons. The topological polar surface area (TPSA) is 42.4 Å². The van der Waals surface area contributed by atoms with Gasteiger partial charge in [0, 0.05) is 15.2 Å². The lowest BCUT2D eigenvalue weighted by Gasteiger charge is -2.11. The molecule has 0 aromatic carbocycles. The van der Waals surface area contributed by atoms with Crippen LogP contribution in [0.4, 0.5) is 17.6 Å². The van der Waals surface area contributed by atoms with Crippen molar-refractivity contribution in [3.05, 3.63) is 20.9 Å². The van der Waals surface area contributed by atoms with Crippen LogP contribution in [0.25, 0.3) is 0 Å². The van der Waals surface area contributed by atoms with Crippen LogP contribution in [-0.4, -0.2) is 16.5 Å². The second kappa shape index (κ2) is 5.13. The first-order chi connectivity index (χ1) is 7.37. The minimum Gasteiger partial charge on any atom is -0.390 e. The Labute approximate surface area is 102 Å². The molecule has 8 heteroatoms. The Hall–Kier alpha value is -0.640. The average Bonchev–Trinajstić information content (AvgIpc) is 2.14. The third-order valence-electron chi connectivity index (χ3n) is 1.64. The number of halogens is 5. The van der Waals surface area contributed by atoms with Gasteiger partial charge in [-0.2, -0.15) is 0 Å². The number of hydrogen-bond acceptors (Lipinski definition) is 3.